The van der Waals surface area contributed by atoms with Crippen LogP contribution in [0.4, 0.5) is 0 Å². The van der Waals surface area contributed by atoms with E-state index in [0.29, 0.717) is 12.4 Å². The van der Waals surface area contributed by atoms with Crippen LogP contribution in [-0.2, 0) is 6.61 Å². The maximum atomic E-state index is 5.81. The summed E-state index contributed by atoms with van der Waals surface area (Å²) >= 11 is 0. The summed E-state index contributed by atoms with van der Waals surface area (Å²) in [7, 11) is 1.63. The standard InChI is InChI=1S/C16H20N2O2/c1-12(18-17)14-8-9-15(16(10-14)19-2)20-11-13-6-4-3-5-7-13/h3-10,12,18H,11,17H2,1-2H3/t12-/m1/s1. The lowest BCUT2D eigenvalue weighted by Gasteiger charge is -2.15. The van der Waals surface area contributed by atoms with Crippen LogP contribution in [0.25, 0.3) is 0 Å². The van der Waals surface area contributed by atoms with Gasteiger partial charge in [0.05, 0.1) is 7.11 Å². The molecule has 0 aromatic heterocycles. The molecule has 3 N–H and O–H groups in total. The molecular weight excluding hydrogens is 252 g/mol. The highest BCUT2D eigenvalue weighted by Gasteiger charge is 2.09. The Labute approximate surface area is 119 Å². The molecule has 0 saturated carbocycles. The maximum absolute atomic E-state index is 5.81. The van der Waals surface area contributed by atoms with Gasteiger partial charge in [0.25, 0.3) is 0 Å². The van der Waals surface area contributed by atoms with Crippen LogP contribution in [0.15, 0.2) is 48.5 Å². The van der Waals surface area contributed by atoms with Crippen LogP contribution < -0.4 is 20.7 Å². The third-order valence-electron chi connectivity index (χ3n) is 3.17. The minimum absolute atomic E-state index is 0.0621. The summed E-state index contributed by atoms with van der Waals surface area (Å²) in [6.07, 6.45) is 0. The first kappa shape index (κ1) is 14.4. The molecule has 2 aromatic carbocycles. The van der Waals surface area contributed by atoms with Crippen molar-refractivity contribution >= 4 is 0 Å². The number of benzene rings is 2. The molecule has 0 saturated heterocycles. The van der Waals surface area contributed by atoms with Gasteiger partial charge in [-0.15, -0.1) is 0 Å². The van der Waals surface area contributed by atoms with Crippen molar-refractivity contribution in [2.75, 3.05) is 7.11 Å². The van der Waals surface area contributed by atoms with Crippen molar-refractivity contribution in [2.24, 2.45) is 5.84 Å². The van der Waals surface area contributed by atoms with Gasteiger partial charge >= 0.3 is 0 Å². The van der Waals surface area contributed by atoms with Crippen LogP contribution in [0.1, 0.15) is 24.1 Å². The molecule has 0 spiro atoms. The van der Waals surface area contributed by atoms with Crippen LogP contribution in [0.2, 0.25) is 0 Å². The normalized spacial score (nSPS) is 11.9. The van der Waals surface area contributed by atoms with Crippen molar-refractivity contribution in [3.63, 3.8) is 0 Å². The van der Waals surface area contributed by atoms with Crippen molar-refractivity contribution in [3.8, 4) is 11.5 Å². The molecule has 2 rings (SSSR count). The van der Waals surface area contributed by atoms with Crippen LogP contribution >= 0.6 is 0 Å². The highest BCUT2D eigenvalue weighted by Crippen LogP contribution is 2.30. The molecule has 0 heterocycles. The fourth-order valence-corrected chi connectivity index (χ4v) is 1.90. The number of ether oxygens (including phenoxy) is 2. The molecule has 4 heteroatoms. The lowest BCUT2D eigenvalue weighted by molar-refractivity contribution is 0.284. The molecular formula is C16H20N2O2. The summed E-state index contributed by atoms with van der Waals surface area (Å²) < 4.78 is 11.2. The third kappa shape index (κ3) is 3.50. The van der Waals surface area contributed by atoms with Crippen LogP contribution in [-0.4, -0.2) is 7.11 Å². The van der Waals surface area contributed by atoms with Gasteiger partial charge in [-0.1, -0.05) is 36.4 Å². The molecule has 0 aliphatic rings. The molecule has 20 heavy (non-hydrogen) atoms. The van der Waals surface area contributed by atoms with E-state index >= 15 is 0 Å². The summed E-state index contributed by atoms with van der Waals surface area (Å²) in [5.74, 6) is 6.88. The number of methoxy groups -OCH3 is 1. The molecule has 0 bridgehead atoms. The molecule has 0 unspecified atom stereocenters. The van der Waals surface area contributed by atoms with Gasteiger partial charge in [-0.3, -0.25) is 11.3 Å². The molecule has 4 nitrogen and oxygen atoms in total. The fraction of sp³-hybridized carbons (Fsp3) is 0.250. The number of hydrazine groups is 1. The average Bonchev–Trinajstić information content (AvgIpc) is 2.53. The molecule has 106 valence electrons. The average molecular weight is 272 g/mol. The van der Waals surface area contributed by atoms with E-state index in [1.165, 1.54) is 0 Å². The van der Waals surface area contributed by atoms with Gasteiger partial charge in [-0.05, 0) is 30.2 Å². The van der Waals surface area contributed by atoms with Crippen LogP contribution in [0.3, 0.4) is 0 Å². The Morgan fingerprint density at radius 3 is 2.50 bits per heavy atom. The first-order valence-corrected chi connectivity index (χ1v) is 6.55. The molecule has 0 fully saturated rings. The Morgan fingerprint density at radius 1 is 1.10 bits per heavy atom. The zero-order chi connectivity index (χ0) is 14.4. The van der Waals surface area contributed by atoms with Gasteiger partial charge in [-0.2, -0.15) is 0 Å². The molecule has 2 aromatic rings. The second kappa shape index (κ2) is 6.93. The number of nitrogens with two attached hydrogens (primary N) is 1. The van der Waals surface area contributed by atoms with E-state index in [1.54, 1.807) is 7.11 Å². The first-order chi connectivity index (χ1) is 9.74. The largest absolute Gasteiger partial charge is 0.493 e. The summed E-state index contributed by atoms with van der Waals surface area (Å²) in [6.45, 7) is 2.50. The van der Waals surface area contributed by atoms with E-state index in [0.717, 1.165) is 16.9 Å². The van der Waals surface area contributed by atoms with E-state index in [4.69, 9.17) is 15.3 Å². The third-order valence-corrected chi connectivity index (χ3v) is 3.17. The van der Waals surface area contributed by atoms with Gasteiger partial charge in [0.1, 0.15) is 6.61 Å². The van der Waals surface area contributed by atoms with Gasteiger partial charge in [0, 0.05) is 6.04 Å². The lowest BCUT2D eigenvalue weighted by Crippen LogP contribution is -2.25. The minimum Gasteiger partial charge on any atom is -0.493 e. The van der Waals surface area contributed by atoms with E-state index in [-0.39, 0.29) is 6.04 Å². The van der Waals surface area contributed by atoms with Crippen molar-refractivity contribution in [2.45, 2.75) is 19.6 Å². The topological polar surface area (TPSA) is 56.5 Å². The lowest BCUT2D eigenvalue weighted by atomic mass is 10.1. The van der Waals surface area contributed by atoms with Crippen molar-refractivity contribution < 1.29 is 9.47 Å². The zero-order valence-electron chi connectivity index (χ0n) is 11.8. The smallest absolute Gasteiger partial charge is 0.161 e. The second-order valence-electron chi connectivity index (χ2n) is 4.57. The van der Waals surface area contributed by atoms with E-state index in [9.17, 15) is 0 Å². The molecule has 0 amide bonds. The first-order valence-electron chi connectivity index (χ1n) is 6.55. The van der Waals surface area contributed by atoms with Gasteiger partial charge < -0.3 is 9.47 Å². The summed E-state index contributed by atoms with van der Waals surface area (Å²) in [4.78, 5) is 0. The van der Waals surface area contributed by atoms with Crippen molar-refractivity contribution in [3.05, 3.63) is 59.7 Å². The Hall–Kier alpha value is -2.04. The van der Waals surface area contributed by atoms with Crippen molar-refractivity contribution in [1.82, 2.24) is 5.43 Å². The zero-order valence-corrected chi connectivity index (χ0v) is 11.8. The Morgan fingerprint density at radius 2 is 1.85 bits per heavy atom. The van der Waals surface area contributed by atoms with E-state index < -0.39 is 0 Å². The van der Waals surface area contributed by atoms with Gasteiger partial charge in [0.2, 0.25) is 0 Å². The second-order valence-corrected chi connectivity index (χ2v) is 4.57. The van der Waals surface area contributed by atoms with Crippen LogP contribution in [0, 0.1) is 0 Å². The van der Waals surface area contributed by atoms with Gasteiger partial charge in [-0.25, -0.2) is 0 Å². The summed E-state index contributed by atoms with van der Waals surface area (Å²) in [5.41, 5.74) is 4.89. The fourth-order valence-electron chi connectivity index (χ4n) is 1.90. The van der Waals surface area contributed by atoms with Gasteiger partial charge in [0.15, 0.2) is 11.5 Å². The number of nitrogens with one attached hydrogen (secondary N) is 1. The number of hydrogen-bond acceptors (Lipinski definition) is 4. The Kier molecular flexibility index (Phi) is 4.98. The van der Waals surface area contributed by atoms with E-state index in [2.05, 4.69) is 5.43 Å². The summed E-state index contributed by atoms with van der Waals surface area (Å²) in [6, 6.07) is 15.9. The van der Waals surface area contributed by atoms with Crippen molar-refractivity contribution in [1.29, 1.82) is 0 Å². The number of hydrogen-bond donors (Lipinski definition) is 2. The molecule has 1 atom stereocenters. The monoisotopic (exact) mass is 272 g/mol. The quantitative estimate of drug-likeness (QED) is 0.627. The Bertz CT molecular complexity index is 543. The predicted octanol–water partition coefficient (Wildman–Crippen LogP) is 2.80. The predicted molar refractivity (Wildman–Crippen MR) is 79.5 cm³/mol. The highest BCUT2D eigenvalue weighted by atomic mass is 16.5. The Balaban J connectivity index is 2.11. The molecule has 0 radical (unpaired) electrons. The molecule has 0 aliphatic heterocycles. The summed E-state index contributed by atoms with van der Waals surface area (Å²) in [5, 5.41) is 0. The highest BCUT2D eigenvalue weighted by molar-refractivity contribution is 5.43. The molecule has 0 aliphatic carbocycles. The number of rotatable bonds is 6. The maximum Gasteiger partial charge on any atom is 0.161 e. The van der Waals surface area contributed by atoms with Crippen LogP contribution in [0.5, 0.6) is 11.5 Å². The van der Waals surface area contributed by atoms with E-state index in [1.807, 2.05) is 55.5 Å². The minimum atomic E-state index is 0.0621. The SMILES string of the molecule is COc1cc([C@@H](C)NN)ccc1OCc1ccccc1.